The predicted molar refractivity (Wildman–Crippen MR) is 96.8 cm³/mol. The van der Waals surface area contributed by atoms with Crippen molar-refractivity contribution in [1.29, 1.82) is 0 Å². The summed E-state index contributed by atoms with van der Waals surface area (Å²) in [6.45, 7) is 0.573. The maximum atomic E-state index is 11.8. The molecular weight excluding hydrogens is 328 g/mol. The largest absolute Gasteiger partial charge is 0.352 e. The van der Waals surface area contributed by atoms with Gasteiger partial charge in [-0.2, -0.15) is 0 Å². The number of rotatable bonds is 5. The van der Waals surface area contributed by atoms with Gasteiger partial charge in [0.05, 0.1) is 10.2 Å². The van der Waals surface area contributed by atoms with Gasteiger partial charge >= 0.3 is 0 Å². The van der Waals surface area contributed by atoms with E-state index in [1.54, 1.807) is 17.4 Å². The van der Waals surface area contributed by atoms with Crippen LogP contribution in [0.2, 0.25) is 5.02 Å². The zero-order valence-electron chi connectivity index (χ0n) is 12.3. The molecule has 23 heavy (non-hydrogen) atoms. The van der Waals surface area contributed by atoms with Gasteiger partial charge < -0.3 is 5.32 Å². The van der Waals surface area contributed by atoms with E-state index < -0.39 is 0 Å². The summed E-state index contributed by atoms with van der Waals surface area (Å²) in [5, 5.41) is 4.41. The minimum atomic E-state index is -0.119. The number of aromatic nitrogens is 1. The van der Waals surface area contributed by atoms with E-state index in [1.165, 1.54) is 6.08 Å². The molecule has 0 unspecified atom stereocenters. The van der Waals surface area contributed by atoms with E-state index in [1.807, 2.05) is 48.5 Å². The molecule has 3 aromatic rings. The lowest BCUT2D eigenvalue weighted by molar-refractivity contribution is -0.116. The van der Waals surface area contributed by atoms with Gasteiger partial charge in [-0.05, 0) is 42.3 Å². The molecule has 0 bridgehead atoms. The van der Waals surface area contributed by atoms with Gasteiger partial charge in [0.1, 0.15) is 5.01 Å². The second-order valence-electron chi connectivity index (χ2n) is 5.02. The second-order valence-corrected chi connectivity index (χ2v) is 6.52. The molecule has 0 fully saturated rings. The van der Waals surface area contributed by atoms with Crippen molar-refractivity contribution in [2.24, 2.45) is 0 Å². The predicted octanol–water partition coefficient (Wildman–Crippen LogP) is 4.32. The highest BCUT2D eigenvalue weighted by Gasteiger charge is 2.01. The van der Waals surface area contributed by atoms with Crippen LogP contribution in [0.15, 0.2) is 54.6 Å². The topological polar surface area (TPSA) is 42.0 Å². The standard InChI is InChI=1S/C18H15ClN2OS/c19-14-5-3-4-13(12-14)10-11-20-17(22)8-9-18-21-15-6-1-2-7-16(15)23-18/h1-9,12H,10-11H2,(H,20,22)/b9-8+. The van der Waals surface area contributed by atoms with Gasteiger partial charge in [0, 0.05) is 17.6 Å². The number of benzene rings is 2. The van der Waals surface area contributed by atoms with Crippen LogP contribution in [0.1, 0.15) is 10.6 Å². The summed E-state index contributed by atoms with van der Waals surface area (Å²) in [5.74, 6) is -0.119. The van der Waals surface area contributed by atoms with Gasteiger partial charge in [0.2, 0.25) is 5.91 Å². The quantitative estimate of drug-likeness (QED) is 0.701. The number of amides is 1. The van der Waals surface area contributed by atoms with E-state index in [2.05, 4.69) is 10.3 Å². The van der Waals surface area contributed by atoms with Crippen LogP contribution in [-0.4, -0.2) is 17.4 Å². The Hall–Kier alpha value is -2.17. The van der Waals surface area contributed by atoms with Crippen molar-refractivity contribution in [3.05, 3.63) is 70.2 Å². The Morgan fingerprint density at radius 1 is 1.22 bits per heavy atom. The normalized spacial score (nSPS) is 11.2. The molecule has 1 heterocycles. The van der Waals surface area contributed by atoms with E-state index >= 15 is 0 Å². The third kappa shape index (κ3) is 4.41. The van der Waals surface area contributed by atoms with Crippen LogP contribution < -0.4 is 5.32 Å². The summed E-state index contributed by atoms with van der Waals surface area (Å²) in [5.41, 5.74) is 2.06. The van der Waals surface area contributed by atoms with Crippen molar-refractivity contribution in [1.82, 2.24) is 10.3 Å². The van der Waals surface area contributed by atoms with Crippen LogP contribution >= 0.6 is 22.9 Å². The Bertz CT molecular complexity index is 824. The smallest absolute Gasteiger partial charge is 0.244 e. The lowest BCUT2D eigenvalue weighted by Gasteiger charge is -2.03. The van der Waals surface area contributed by atoms with Crippen LogP contribution in [0.4, 0.5) is 0 Å². The summed E-state index contributed by atoms with van der Waals surface area (Å²) in [6.07, 6.45) is 4.02. The van der Waals surface area contributed by atoms with Crippen molar-refractivity contribution < 1.29 is 4.79 Å². The summed E-state index contributed by atoms with van der Waals surface area (Å²) in [6, 6.07) is 15.6. The molecule has 0 aliphatic carbocycles. The molecule has 1 amide bonds. The fourth-order valence-electron chi connectivity index (χ4n) is 2.19. The molecule has 0 spiro atoms. The van der Waals surface area contributed by atoms with Crippen molar-refractivity contribution >= 4 is 45.1 Å². The highest BCUT2D eigenvalue weighted by atomic mass is 35.5. The number of hydrogen-bond acceptors (Lipinski definition) is 3. The fraction of sp³-hybridized carbons (Fsp3) is 0.111. The first-order valence-electron chi connectivity index (χ1n) is 7.27. The molecule has 3 nitrogen and oxygen atoms in total. The number of nitrogens with one attached hydrogen (secondary N) is 1. The Morgan fingerprint density at radius 2 is 2.09 bits per heavy atom. The Morgan fingerprint density at radius 3 is 2.91 bits per heavy atom. The average molecular weight is 343 g/mol. The van der Waals surface area contributed by atoms with E-state index in [9.17, 15) is 4.79 Å². The summed E-state index contributed by atoms with van der Waals surface area (Å²) in [7, 11) is 0. The first-order chi connectivity index (χ1) is 11.2. The maximum absolute atomic E-state index is 11.8. The molecule has 116 valence electrons. The second kappa shape index (κ2) is 7.40. The van der Waals surface area contributed by atoms with Crippen molar-refractivity contribution in [2.75, 3.05) is 6.54 Å². The molecule has 1 aromatic heterocycles. The molecule has 3 rings (SSSR count). The van der Waals surface area contributed by atoms with Crippen LogP contribution in [0.5, 0.6) is 0 Å². The zero-order valence-corrected chi connectivity index (χ0v) is 13.9. The van der Waals surface area contributed by atoms with Crippen molar-refractivity contribution in [3.63, 3.8) is 0 Å². The maximum Gasteiger partial charge on any atom is 0.244 e. The van der Waals surface area contributed by atoms with Gasteiger partial charge in [0.15, 0.2) is 0 Å². The number of halogens is 1. The monoisotopic (exact) mass is 342 g/mol. The van der Waals surface area contributed by atoms with Crippen LogP contribution in [0, 0.1) is 0 Å². The first kappa shape index (κ1) is 15.7. The molecule has 0 atom stereocenters. The van der Waals surface area contributed by atoms with E-state index in [0.717, 1.165) is 27.2 Å². The molecule has 1 N–H and O–H groups in total. The summed E-state index contributed by atoms with van der Waals surface area (Å²) in [4.78, 5) is 16.3. The van der Waals surface area contributed by atoms with Crippen molar-refractivity contribution in [2.45, 2.75) is 6.42 Å². The summed E-state index contributed by atoms with van der Waals surface area (Å²) >= 11 is 7.50. The number of nitrogens with zero attached hydrogens (tertiary/aromatic N) is 1. The van der Waals surface area contributed by atoms with E-state index in [-0.39, 0.29) is 5.91 Å². The van der Waals surface area contributed by atoms with Gasteiger partial charge in [-0.15, -0.1) is 11.3 Å². The van der Waals surface area contributed by atoms with E-state index in [0.29, 0.717) is 11.6 Å². The first-order valence-corrected chi connectivity index (χ1v) is 8.46. The number of carbonyl (C=O) groups excluding carboxylic acids is 1. The Balaban J connectivity index is 1.52. The van der Waals surface area contributed by atoms with Gasteiger partial charge in [-0.1, -0.05) is 35.9 Å². The molecule has 0 aliphatic rings. The number of thiazole rings is 1. The minimum Gasteiger partial charge on any atom is -0.352 e. The number of carbonyl (C=O) groups is 1. The lowest BCUT2D eigenvalue weighted by atomic mass is 10.1. The minimum absolute atomic E-state index is 0.119. The third-order valence-corrected chi connectivity index (χ3v) is 4.53. The average Bonchev–Trinajstić information content (AvgIpc) is 2.96. The van der Waals surface area contributed by atoms with E-state index in [4.69, 9.17) is 11.6 Å². The molecule has 0 aliphatic heterocycles. The highest BCUT2D eigenvalue weighted by molar-refractivity contribution is 7.19. The number of fused-ring (bicyclic) bond motifs is 1. The molecule has 5 heteroatoms. The van der Waals surface area contributed by atoms with Crippen molar-refractivity contribution in [3.8, 4) is 0 Å². The fourth-order valence-corrected chi connectivity index (χ4v) is 3.27. The highest BCUT2D eigenvalue weighted by Crippen LogP contribution is 2.22. The lowest BCUT2D eigenvalue weighted by Crippen LogP contribution is -2.23. The molecule has 0 saturated heterocycles. The SMILES string of the molecule is O=C(/C=C/c1nc2ccccc2s1)NCCc1cccc(Cl)c1. The van der Waals surface area contributed by atoms with Gasteiger partial charge in [-0.25, -0.2) is 4.98 Å². The molecule has 0 saturated carbocycles. The van der Waals surface area contributed by atoms with Gasteiger partial charge in [-0.3, -0.25) is 4.79 Å². The zero-order chi connectivity index (χ0) is 16.1. The molecule has 2 aromatic carbocycles. The van der Waals surface area contributed by atoms with Gasteiger partial charge in [0.25, 0.3) is 0 Å². The van der Waals surface area contributed by atoms with Crippen LogP contribution in [-0.2, 0) is 11.2 Å². The number of para-hydroxylation sites is 1. The summed E-state index contributed by atoms with van der Waals surface area (Å²) < 4.78 is 1.12. The van der Waals surface area contributed by atoms with Crippen LogP contribution in [0.25, 0.3) is 16.3 Å². The van der Waals surface area contributed by atoms with Crippen LogP contribution in [0.3, 0.4) is 0 Å². The Labute approximate surface area is 143 Å². The molecule has 0 radical (unpaired) electrons. The third-order valence-electron chi connectivity index (χ3n) is 3.29. The number of hydrogen-bond donors (Lipinski definition) is 1. The molecular formula is C18H15ClN2OS. The Kier molecular flexibility index (Phi) is 5.05.